The molecule has 0 saturated heterocycles. The Morgan fingerprint density at radius 2 is 1.81 bits per heavy atom. The average Bonchev–Trinajstić information content (AvgIpc) is 2.55. The van der Waals surface area contributed by atoms with Crippen LogP contribution in [0, 0.1) is 0 Å². The lowest BCUT2D eigenvalue weighted by Crippen LogP contribution is -2.16. The average molecular weight is 284 g/mol. The van der Waals surface area contributed by atoms with Crippen LogP contribution in [0.5, 0.6) is 0 Å². The van der Waals surface area contributed by atoms with Crippen molar-refractivity contribution in [2.45, 2.75) is 26.7 Å². The van der Waals surface area contributed by atoms with Crippen LogP contribution in [0.2, 0.25) is 0 Å². The number of benzene rings is 1. The fourth-order valence-electron chi connectivity index (χ4n) is 2.20. The van der Waals surface area contributed by atoms with Gasteiger partial charge in [0.05, 0.1) is 5.56 Å². The first kappa shape index (κ1) is 15.0. The molecule has 0 unspecified atom stereocenters. The van der Waals surface area contributed by atoms with Crippen molar-refractivity contribution in [3.05, 3.63) is 53.2 Å². The van der Waals surface area contributed by atoms with Crippen molar-refractivity contribution >= 4 is 17.4 Å². The highest BCUT2D eigenvalue weighted by molar-refractivity contribution is 6.05. The minimum Gasteiger partial charge on any atom is -0.321 e. The number of hydrogen-bond acceptors (Lipinski definition) is 4. The number of nitrogen functional groups attached to an aromatic ring is 1. The summed E-state index contributed by atoms with van der Waals surface area (Å²) in [5, 5.41) is 3.00. The molecule has 0 bridgehead atoms. The van der Waals surface area contributed by atoms with Crippen molar-refractivity contribution in [1.29, 1.82) is 0 Å². The number of aromatic nitrogens is 1. The molecule has 0 saturated carbocycles. The van der Waals surface area contributed by atoms with Gasteiger partial charge >= 0.3 is 0 Å². The van der Waals surface area contributed by atoms with Crippen LogP contribution in [0.4, 0.5) is 11.5 Å². The van der Waals surface area contributed by atoms with Crippen LogP contribution in [-0.4, -0.2) is 10.9 Å². The molecule has 0 spiro atoms. The van der Waals surface area contributed by atoms with Crippen LogP contribution in [0.25, 0.3) is 0 Å². The molecule has 5 heteroatoms. The van der Waals surface area contributed by atoms with Gasteiger partial charge in [-0.05, 0) is 36.1 Å². The van der Waals surface area contributed by atoms with Crippen molar-refractivity contribution in [2.24, 2.45) is 5.84 Å². The molecule has 0 aliphatic rings. The Hall–Kier alpha value is -2.40. The number of nitrogens with one attached hydrogen (secondary N) is 2. The summed E-state index contributed by atoms with van der Waals surface area (Å²) in [7, 11) is 0. The molecule has 0 atom stereocenters. The monoisotopic (exact) mass is 284 g/mol. The quantitative estimate of drug-likeness (QED) is 0.582. The number of amides is 1. The first-order chi connectivity index (χ1) is 10.2. The number of nitrogens with two attached hydrogens (primary N) is 1. The van der Waals surface area contributed by atoms with Gasteiger partial charge in [-0.1, -0.05) is 32.0 Å². The molecule has 1 amide bonds. The molecule has 5 nitrogen and oxygen atoms in total. The summed E-state index contributed by atoms with van der Waals surface area (Å²) in [5.41, 5.74) is 6.12. The summed E-state index contributed by atoms with van der Waals surface area (Å²) in [4.78, 5) is 16.4. The molecule has 1 aromatic heterocycles. The first-order valence-corrected chi connectivity index (χ1v) is 7.04. The minimum atomic E-state index is -0.165. The summed E-state index contributed by atoms with van der Waals surface area (Å²) in [6.07, 6.45) is 3.25. The maximum Gasteiger partial charge on any atom is 0.257 e. The number of para-hydroxylation sites is 1. The van der Waals surface area contributed by atoms with Crippen molar-refractivity contribution < 1.29 is 4.79 Å². The Bertz CT molecular complexity index is 600. The zero-order valence-electron chi connectivity index (χ0n) is 12.3. The van der Waals surface area contributed by atoms with Crippen molar-refractivity contribution in [2.75, 3.05) is 10.7 Å². The molecule has 0 aliphatic carbocycles. The second-order valence-electron chi connectivity index (χ2n) is 4.69. The highest BCUT2D eigenvalue weighted by atomic mass is 16.1. The number of carbonyl (C=O) groups excluding carboxylic acids is 1. The Labute approximate surface area is 124 Å². The van der Waals surface area contributed by atoms with Gasteiger partial charge in [-0.2, -0.15) is 0 Å². The van der Waals surface area contributed by atoms with Crippen LogP contribution in [-0.2, 0) is 12.8 Å². The van der Waals surface area contributed by atoms with E-state index in [1.807, 2.05) is 18.2 Å². The van der Waals surface area contributed by atoms with Gasteiger partial charge in [0.25, 0.3) is 5.91 Å². The summed E-state index contributed by atoms with van der Waals surface area (Å²) in [5.74, 6) is 5.62. The highest BCUT2D eigenvalue weighted by Crippen LogP contribution is 2.23. The number of nitrogens with zero attached hydrogens (tertiary/aromatic N) is 1. The third kappa shape index (κ3) is 3.38. The van der Waals surface area contributed by atoms with Crippen molar-refractivity contribution in [1.82, 2.24) is 4.98 Å². The smallest absolute Gasteiger partial charge is 0.257 e. The van der Waals surface area contributed by atoms with E-state index in [4.69, 9.17) is 5.84 Å². The summed E-state index contributed by atoms with van der Waals surface area (Å²) in [6, 6.07) is 9.46. The summed E-state index contributed by atoms with van der Waals surface area (Å²) >= 11 is 0. The minimum absolute atomic E-state index is 0.165. The van der Waals surface area contributed by atoms with E-state index in [9.17, 15) is 4.79 Å². The van der Waals surface area contributed by atoms with Gasteiger partial charge in [0, 0.05) is 11.9 Å². The van der Waals surface area contributed by atoms with Gasteiger partial charge in [0.2, 0.25) is 0 Å². The van der Waals surface area contributed by atoms with Crippen LogP contribution >= 0.6 is 0 Å². The number of carbonyl (C=O) groups is 1. The van der Waals surface area contributed by atoms with Crippen LogP contribution in [0.1, 0.15) is 35.3 Å². The highest BCUT2D eigenvalue weighted by Gasteiger charge is 2.12. The molecule has 21 heavy (non-hydrogen) atoms. The lowest BCUT2D eigenvalue weighted by atomic mass is 10.0. The van der Waals surface area contributed by atoms with Gasteiger partial charge in [0.15, 0.2) is 0 Å². The Morgan fingerprint density at radius 3 is 2.29 bits per heavy atom. The SMILES string of the molecule is CCc1cccc(CC)c1NC(=O)c1ccc(NN)nc1. The van der Waals surface area contributed by atoms with E-state index in [0.717, 1.165) is 29.7 Å². The van der Waals surface area contributed by atoms with E-state index < -0.39 is 0 Å². The predicted molar refractivity (Wildman–Crippen MR) is 85.2 cm³/mol. The van der Waals surface area contributed by atoms with E-state index >= 15 is 0 Å². The molecule has 1 heterocycles. The molecular formula is C16H20N4O. The number of anilines is 2. The second-order valence-corrected chi connectivity index (χ2v) is 4.69. The Balaban J connectivity index is 2.26. The largest absolute Gasteiger partial charge is 0.321 e. The molecule has 0 fully saturated rings. The molecule has 1 aromatic carbocycles. The first-order valence-electron chi connectivity index (χ1n) is 7.04. The van der Waals surface area contributed by atoms with Gasteiger partial charge in [-0.3, -0.25) is 4.79 Å². The van der Waals surface area contributed by atoms with Crippen LogP contribution in [0.3, 0.4) is 0 Å². The van der Waals surface area contributed by atoms with Gasteiger partial charge < -0.3 is 10.7 Å². The number of hydrazine groups is 1. The molecule has 2 aromatic rings. The third-order valence-corrected chi connectivity index (χ3v) is 3.41. The summed E-state index contributed by atoms with van der Waals surface area (Å²) < 4.78 is 0. The maximum absolute atomic E-state index is 12.3. The molecule has 0 radical (unpaired) electrons. The van der Waals surface area contributed by atoms with Crippen molar-refractivity contribution in [3.8, 4) is 0 Å². The lowest BCUT2D eigenvalue weighted by Gasteiger charge is -2.14. The molecule has 4 N–H and O–H groups in total. The molecular weight excluding hydrogens is 264 g/mol. The van der Waals surface area contributed by atoms with Crippen LogP contribution in [0.15, 0.2) is 36.5 Å². The zero-order valence-corrected chi connectivity index (χ0v) is 12.3. The topological polar surface area (TPSA) is 80.0 Å². The van der Waals surface area contributed by atoms with Crippen molar-refractivity contribution in [3.63, 3.8) is 0 Å². The Morgan fingerprint density at radius 1 is 1.14 bits per heavy atom. The van der Waals surface area contributed by atoms with E-state index in [1.54, 1.807) is 12.1 Å². The summed E-state index contributed by atoms with van der Waals surface area (Å²) in [6.45, 7) is 4.15. The number of rotatable bonds is 5. The third-order valence-electron chi connectivity index (χ3n) is 3.41. The number of hydrogen-bond donors (Lipinski definition) is 3. The standard InChI is InChI=1S/C16H20N4O/c1-3-11-6-5-7-12(4-2)15(11)19-16(21)13-8-9-14(20-17)18-10-13/h5-10H,3-4,17H2,1-2H3,(H,18,20)(H,19,21). The number of aryl methyl sites for hydroxylation is 2. The molecule has 110 valence electrons. The van der Waals surface area contributed by atoms with E-state index in [0.29, 0.717) is 11.4 Å². The lowest BCUT2D eigenvalue weighted by molar-refractivity contribution is 0.102. The molecule has 2 rings (SSSR count). The fourth-order valence-corrected chi connectivity index (χ4v) is 2.20. The molecule has 0 aliphatic heterocycles. The predicted octanol–water partition coefficient (Wildman–Crippen LogP) is 2.74. The fraction of sp³-hybridized carbons (Fsp3) is 0.250. The second kappa shape index (κ2) is 6.85. The van der Waals surface area contributed by atoms with E-state index in [2.05, 4.69) is 29.6 Å². The normalized spacial score (nSPS) is 10.2. The van der Waals surface area contributed by atoms with E-state index in [-0.39, 0.29) is 5.91 Å². The van der Waals surface area contributed by atoms with Gasteiger partial charge in [-0.25, -0.2) is 10.8 Å². The van der Waals surface area contributed by atoms with Gasteiger partial charge in [-0.15, -0.1) is 0 Å². The van der Waals surface area contributed by atoms with Gasteiger partial charge in [0.1, 0.15) is 5.82 Å². The Kier molecular flexibility index (Phi) is 4.90. The number of pyridine rings is 1. The maximum atomic E-state index is 12.3. The van der Waals surface area contributed by atoms with Crippen LogP contribution < -0.4 is 16.6 Å². The zero-order chi connectivity index (χ0) is 15.2. The van der Waals surface area contributed by atoms with E-state index in [1.165, 1.54) is 6.20 Å².